The zero-order valence-corrected chi connectivity index (χ0v) is 9.13. The second-order valence-corrected chi connectivity index (χ2v) is 6.04. The summed E-state index contributed by atoms with van der Waals surface area (Å²) in [6.07, 6.45) is 1.68. The third-order valence-electron chi connectivity index (χ3n) is 2.58. The molecular weight excluding hydrogens is 216 g/mol. The Balaban J connectivity index is 1.96. The van der Waals surface area contributed by atoms with Gasteiger partial charge in [-0.3, -0.25) is 10.00 Å². The minimum Gasteiger partial charge on any atom is -0.384 e. The minimum absolute atomic E-state index is 0.241. The van der Waals surface area contributed by atoms with Gasteiger partial charge in [0.15, 0.2) is 9.84 Å². The van der Waals surface area contributed by atoms with E-state index in [4.69, 9.17) is 5.73 Å². The van der Waals surface area contributed by atoms with E-state index in [-0.39, 0.29) is 11.5 Å². The maximum atomic E-state index is 11.2. The van der Waals surface area contributed by atoms with E-state index in [1.165, 1.54) is 0 Å². The lowest BCUT2D eigenvalue weighted by Gasteiger charge is -2.25. The topological polar surface area (TPSA) is 92.1 Å². The van der Waals surface area contributed by atoms with E-state index in [2.05, 4.69) is 15.1 Å². The molecule has 0 atom stereocenters. The molecule has 0 saturated carbocycles. The standard InChI is InChI=1S/C8H14N4O2S/c9-8-7(5-10-11-8)6-12-1-3-15(13,14)4-2-12/h5H,1-4,6H2,(H3,9,10,11). The molecule has 1 aliphatic heterocycles. The summed E-state index contributed by atoms with van der Waals surface area (Å²) < 4.78 is 22.4. The number of sulfone groups is 1. The maximum Gasteiger partial charge on any atom is 0.152 e. The molecule has 0 radical (unpaired) electrons. The molecule has 1 aromatic rings. The van der Waals surface area contributed by atoms with Crippen molar-refractivity contribution in [2.75, 3.05) is 30.3 Å². The second-order valence-electron chi connectivity index (χ2n) is 3.74. The van der Waals surface area contributed by atoms with Gasteiger partial charge >= 0.3 is 0 Å². The summed E-state index contributed by atoms with van der Waals surface area (Å²) in [6.45, 7) is 1.82. The Kier molecular flexibility index (Phi) is 2.66. The summed E-state index contributed by atoms with van der Waals surface area (Å²) in [5.41, 5.74) is 6.57. The van der Waals surface area contributed by atoms with Crippen LogP contribution in [0.1, 0.15) is 5.56 Å². The highest BCUT2D eigenvalue weighted by Gasteiger charge is 2.22. The number of nitrogens with two attached hydrogens (primary N) is 1. The lowest BCUT2D eigenvalue weighted by Crippen LogP contribution is -2.39. The maximum absolute atomic E-state index is 11.2. The SMILES string of the molecule is Nc1[nH]ncc1CN1CCS(=O)(=O)CC1. The number of aromatic amines is 1. The number of aromatic nitrogens is 2. The van der Waals surface area contributed by atoms with Crippen molar-refractivity contribution in [1.82, 2.24) is 15.1 Å². The van der Waals surface area contributed by atoms with E-state index >= 15 is 0 Å². The van der Waals surface area contributed by atoms with Gasteiger partial charge in [0.1, 0.15) is 5.82 Å². The third kappa shape index (κ3) is 2.48. The number of rotatable bonds is 2. The number of nitrogens with one attached hydrogen (secondary N) is 1. The molecule has 0 bridgehead atoms. The largest absolute Gasteiger partial charge is 0.384 e. The molecular formula is C8H14N4O2S. The van der Waals surface area contributed by atoms with Crippen molar-refractivity contribution in [3.63, 3.8) is 0 Å². The Bertz CT molecular complexity index is 425. The van der Waals surface area contributed by atoms with Crippen LogP contribution >= 0.6 is 0 Å². The molecule has 2 rings (SSSR count). The zero-order valence-electron chi connectivity index (χ0n) is 8.31. The first-order valence-electron chi connectivity index (χ1n) is 4.77. The predicted molar refractivity (Wildman–Crippen MR) is 56.9 cm³/mol. The Morgan fingerprint density at radius 3 is 2.67 bits per heavy atom. The van der Waals surface area contributed by atoms with Gasteiger partial charge in [-0.1, -0.05) is 0 Å². The fraction of sp³-hybridized carbons (Fsp3) is 0.625. The van der Waals surface area contributed by atoms with Gasteiger partial charge in [0.2, 0.25) is 0 Å². The first kappa shape index (κ1) is 10.4. The van der Waals surface area contributed by atoms with Crippen molar-refractivity contribution in [2.45, 2.75) is 6.54 Å². The van der Waals surface area contributed by atoms with E-state index in [0.717, 1.165) is 5.56 Å². The molecule has 7 heteroatoms. The average molecular weight is 230 g/mol. The van der Waals surface area contributed by atoms with Gasteiger partial charge in [0, 0.05) is 25.2 Å². The van der Waals surface area contributed by atoms with Crippen LogP contribution in [0, 0.1) is 0 Å². The highest BCUT2D eigenvalue weighted by atomic mass is 32.2. The van der Waals surface area contributed by atoms with Crippen LogP contribution in [0.3, 0.4) is 0 Å². The van der Waals surface area contributed by atoms with Crippen LogP contribution in [0.2, 0.25) is 0 Å². The molecule has 0 spiro atoms. The molecule has 1 saturated heterocycles. The van der Waals surface area contributed by atoms with Crippen molar-refractivity contribution in [1.29, 1.82) is 0 Å². The Morgan fingerprint density at radius 1 is 1.47 bits per heavy atom. The summed E-state index contributed by atoms with van der Waals surface area (Å²) in [5, 5.41) is 6.48. The molecule has 84 valence electrons. The molecule has 3 N–H and O–H groups in total. The third-order valence-corrected chi connectivity index (χ3v) is 4.19. The minimum atomic E-state index is -2.80. The van der Waals surface area contributed by atoms with Crippen LogP contribution < -0.4 is 5.73 Å². The summed E-state index contributed by atoms with van der Waals surface area (Å²) in [5.74, 6) is 1.04. The lowest BCUT2D eigenvalue weighted by atomic mass is 10.3. The first-order valence-corrected chi connectivity index (χ1v) is 6.59. The van der Waals surface area contributed by atoms with E-state index < -0.39 is 9.84 Å². The summed E-state index contributed by atoms with van der Waals surface area (Å²) in [7, 11) is -2.80. The Hall–Kier alpha value is -1.08. The van der Waals surface area contributed by atoms with Gasteiger partial charge < -0.3 is 5.73 Å². The summed E-state index contributed by atoms with van der Waals surface area (Å²) in [6, 6.07) is 0. The molecule has 2 heterocycles. The fourth-order valence-electron chi connectivity index (χ4n) is 1.60. The molecule has 1 aromatic heterocycles. The quantitative estimate of drug-likeness (QED) is 0.695. The number of nitrogens with zero attached hydrogens (tertiary/aromatic N) is 2. The molecule has 1 aliphatic rings. The molecule has 0 unspecified atom stereocenters. The number of anilines is 1. The summed E-state index contributed by atoms with van der Waals surface area (Å²) >= 11 is 0. The van der Waals surface area contributed by atoms with Crippen LogP contribution in [0.4, 0.5) is 5.82 Å². The van der Waals surface area contributed by atoms with Gasteiger partial charge in [-0.25, -0.2) is 8.42 Å². The molecule has 15 heavy (non-hydrogen) atoms. The van der Waals surface area contributed by atoms with Crippen LogP contribution in [0.5, 0.6) is 0 Å². The van der Waals surface area contributed by atoms with Crippen molar-refractivity contribution in [3.05, 3.63) is 11.8 Å². The van der Waals surface area contributed by atoms with Crippen molar-refractivity contribution < 1.29 is 8.42 Å². The van der Waals surface area contributed by atoms with Crippen molar-refractivity contribution >= 4 is 15.7 Å². The number of nitrogen functional groups attached to an aromatic ring is 1. The van der Waals surface area contributed by atoms with Crippen LogP contribution in [0.15, 0.2) is 6.20 Å². The smallest absolute Gasteiger partial charge is 0.152 e. The van der Waals surface area contributed by atoms with Crippen molar-refractivity contribution in [3.8, 4) is 0 Å². The molecule has 1 fully saturated rings. The van der Waals surface area contributed by atoms with Gasteiger partial charge in [0.05, 0.1) is 17.7 Å². The van der Waals surface area contributed by atoms with Gasteiger partial charge in [0.25, 0.3) is 0 Å². The van der Waals surface area contributed by atoms with E-state index in [0.29, 0.717) is 25.5 Å². The van der Waals surface area contributed by atoms with E-state index in [9.17, 15) is 8.42 Å². The summed E-state index contributed by atoms with van der Waals surface area (Å²) in [4.78, 5) is 2.07. The second kappa shape index (κ2) is 3.82. The first-order chi connectivity index (χ1) is 7.07. The van der Waals surface area contributed by atoms with Gasteiger partial charge in [-0.05, 0) is 0 Å². The highest BCUT2D eigenvalue weighted by molar-refractivity contribution is 7.91. The lowest BCUT2D eigenvalue weighted by molar-refractivity contribution is 0.288. The number of hydrogen-bond acceptors (Lipinski definition) is 5. The van der Waals surface area contributed by atoms with E-state index in [1.807, 2.05) is 0 Å². The molecule has 6 nitrogen and oxygen atoms in total. The van der Waals surface area contributed by atoms with Crippen molar-refractivity contribution in [2.24, 2.45) is 0 Å². The van der Waals surface area contributed by atoms with E-state index in [1.54, 1.807) is 6.20 Å². The average Bonchev–Trinajstić information content (AvgIpc) is 2.56. The predicted octanol–water partition coefficient (Wildman–Crippen LogP) is -0.778. The normalized spacial score (nSPS) is 21.6. The fourth-order valence-corrected chi connectivity index (χ4v) is 2.87. The molecule has 0 amide bonds. The number of hydrogen-bond donors (Lipinski definition) is 2. The Labute approximate surface area is 88.4 Å². The molecule has 0 aliphatic carbocycles. The van der Waals surface area contributed by atoms with Crippen LogP contribution in [0.25, 0.3) is 0 Å². The van der Waals surface area contributed by atoms with Gasteiger partial charge in [-0.2, -0.15) is 5.10 Å². The van der Waals surface area contributed by atoms with Crippen LogP contribution in [-0.2, 0) is 16.4 Å². The van der Waals surface area contributed by atoms with Gasteiger partial charge in [-0.15, -0.1) is 0 Å². The highest BCUT2D eigenvalue weighted by Crippen LogP contribution is 2.12. The number of H-pyrrole nitrogens is 1. The zero-order chi connectivity index (χ0) is 10.9. The molecule has 0 aromatic carbocycles. The van der Waals surface area contributed by atoms with Crippen LogP contribution in [-0.4, -0.2) is 48.1 Å². The Morgan fingerprint density at radius 2 is 2.13 bits per heavy atom. The monoisotopic (exact) mass is 230 g/mol.